The van der Waals surface area contributed by atoms with Crippen molar-refractivity contribution in [1.82, 2.24) is 5.32 Å². The van der Waals surface area contributed by atoms with Crippen molar-refractivity contribution in [2.45, 2.75) is 13.5 Å². The van der Waals surface area contributed by atoms with Crippen molar-refractivity contribution in [2.24, 2.45) is 0 Å². The summed E-state index contributed by atoms with van der Waals surface area (Å²) < 4.78 is 9.97. The molecule has 2 rings (SSSR count). The minimum atomic E-state index is -0.383. The molecule has 2 amide bonds. The lowest BCUT2D eigenvalue weighted by Gasteiger charge is -2.09. The maximum absolute atomic E-state index is 12.0. The third kappa shape index (κ3) is 6.32. The highest BCUT2D eigenvalue weighted by atomic mass is 16.5. The quantitative estimate of drug-likeness (QED) is 0.588. The Bertz CT molecular complexity index is 770. The molecule has 0 fully saturated rings. The molecule has 0 bridgehead atoms. The van der Waals surface area contributed by atoms with E-state index in [1.165, 1.54) is 6.08 Å². The summed E-state index contributed by atoms with van der Waals surface area (Å²) in [6.45, 7) is 2.49. The first kappa shape index (κ1) is 19.1. The molecule has 0 saturated heterocycles. The normalized spacial score (nSPS) is 10.4. The van der Waals surface area contributed by atoms with Crippen LogP contribution in [0.2, 0.25) is 0 Å². The van der Waals surface area contributed by atoms with E-state index >= 15 is 0 Å². The number of benzene rings is 2. The van der Waals surface area contributed by atoms with Gasteiger partial charge < -0.3 is 20.1 Å². The standard InChI is InChI=1S/C20H22N2O4/c1-3-26-19(23)12-9-15-7-10-17(11-8-15)22-20(24)21-14-16-5-4-6-18(13-16)25-2/h4-13H,3,14H2,1-2H3,(H2,21,22,24)/b12-9+. The van der Waals surface area contributed by atoms with Crippen LogP contribution in [-0.4, -0.2) is 25.7 Å². The second-order valence-electron chi connectivity index (χ2n) is 5.37. The van der Waals surface area contributed by atoms with Gasteiger partial charge in [-0.25, -0.2) is 9.59 Å². The van der Waals surface area contributed by atoms with Gasteiger partial charge in [0.2, 0.25) is 0 Å². The maximum Gasteiger partial charge on any atom is 0.330 e. The van der Waals surface area contributed by atoms with Crippen LogP contribution in [0.25, 0.3) is 6.08 Å². The molecule has 0 aromatic heterocycles. The van der Waals surface area contributed by atoms with Crippen molar-refractivity contribution in [1.29, 1.82) is 0 Å². The van der Waals surface area contributed by atoms with Gasteiger partial charge in [-0.15, -0.1) is 0 Å². The van der Waals surface area contributed by atoms with Gasteiger partial charge in [0.1, 0.15) is 5.75 Å². The van der Waals surface area contributed by atoms with E-state index in [1.54, 1.807) is 44.4 Å². The first-order valence-electron chi connectivity index (χ1n) is 8.23. The highest BCUT2D eigenvalue weighted by Crippen LogP contribution is 2.13. The van der Waals surface area contributed by atoms with Crippen LogP contribution < -0.4 is 15.4 Å². The van der Waals surface area contributed by atoms with Crippen molar-refractivity contribution in [3.63, 3.8) is 0 Å². The van der Waals surface area contributed by atoms with Crippen LogP contribution >= 0.6 is 0 Å². The molecule has 0 unspecified atom stereocenters. The molecule has 0 aliphatic rings. The molecule has 0 atom stereocenters. The van der Waals surface area contributed by atoms with Gasteiger partial charge in [-0.05, 0) is 48.4 Å². The number of nitrogens with one attached hydrogen (secondary N) is 2. The number of carbonyl (C=O) groups excluding carboxylic acids is 2. The maximum atomic E-state index is 12.0. The minimum absolute atomic E-state index is 0.303. The molecular formula is C20H22N2O4. The van der Waals surface area contributed by atoms with E-state index in [-0.39, 0.29) is 12.0 Å². The smallest absolute Gasteiger partial charge is 0.330 e. The summed E-state index contributed by atoms with van der Waals surface area (Å²) in [4.78, 5) is 23.3. The minimum Gasteiger partial charge on any atom is -0.497 e. The van der Waals surface area contributed by atoms with Crippen molar-refractivity contribution in [2.75, 3.05) is 19.0 Å². The molecule has 0 aliphatic heterocycles. The van der Waals surface area contributed by atoms with E-state index in [2.05, 4.69) is 10.6 Å². The van der Waals surface area contributed by atoms with E-state index in [0.717, 1.165) is 16.9 Å². The predicted molar refractivity (Wildman–Crippen MR) is 101 cm³/mol. The number of urea groups is 1. The van der Waals surface area contributed by atoms with E-state index in [0.29, 0.717) is 18.8 Å². The van der Waals surface area contributed by atoms with E-state index in [9.17, 15) is 9.59 Å². The number of anilines is 1. The molecule has 0 radical (unpaired) electrons. The van der Waals surface area contributed by atoms with Gasteiger partial charge in [0.15, 0.2) is 0 Å². The summed E-state index contributed by atoms with van der Waals surface area (Å²) in [6.07, 6.45) is 3.03. The third-order valence-corrected chi connectivity index (χ3v) is 3.45. The van der Waals surface area contributed by atoms with Gasteiger partial charge in [-0.1, -0.05) is 24.3 Å². The Morgan fingerprint density at radius 3 is 2.58 bits per heavy atom. The van der Waals surface area contributed by atoms with Crippen LogP contribution in [0.3, 0.4) is 0 Å². The number of amides is 2. The predicted octanol–water partition coefficient (Wildman–Crippen LogP) is 3.59. The molecule has 26 heavy (non-hydrogen) atoms. The lowest BCUT2D eigenvalue weighted by atomic mass is 10.2. The monoisotopic (exact) mass is 354 g/mol. The summed E-state index contributed by atoms with van der Waals surface area (Å²) >= 11 is 0. The largest absolute Gasteiger partial charge is 0.497 e. The Hall–Kier alpha value is -3.28. The molecule has 0 spiro atoms. The van der Waals surface area contributed by atoms with Crippen molar-refractivity contribution in [3.05, 3.63) is 65.7 Å². The Balaban J connectivity index is 1.84. The Morgan fingerprint density at radius 1 is 1.12 bits per heavy atom. The van der Waals surface area contributed by atoms with Crippen LogP contribution in [0, 0.1) is 0 Å². The number of rotatable bonds is 7. The Morgan fingerprint density at radius 2 is 1.88 bits per heavy atom. The van der Waals surface area contributed by atoms with Crippen molar-refractivity contribution >= 4 is 23.8 Å². The van der Waals surface area contributed by atoms with Crippen LogP contribution in [0.5, 0.6) is 5.75 Å². The molecule has 0 saturated carbocycles. The molecule has 0 heterocycles. The van der Waals surface area contributed by atoms with Gasteiger partial charge in [-0.3, -0.25) is 0 Å². The number of hydrogen-bond donors (Lipinski definition) is 2. The molecule has 6 heteroatoms. The summed E-state index contributed by atoms with van der Waals surface area (Å²) in [5.74, 6) is 0.364. The highest BCUT2D eigenvalue weighted by Gasteiger charge is 2.03. The average molecular weight is 354 g/mol. The summed E-state index contributed by atoms with van der Waals surface area (Å²) in [5.41, 5.74) is 2.43. The van der Waals surface area contributed by atoms with E-state index in [4.69, 9.17) is 9.47 Å². The fraction of sp³-hybridized carbons (Fsp3) is 0.200. The number of carbonyl (C=O) groups is 2. The Labute approximate surface area is 152 Å². The fourth-order valence-electron chi connectivity index (χ4n) is 2.17. The van der Waals surface area contributed by atoms with Gasteiger partial charge in [0.05, 0.1) is 13.7 Å². The van der Waals surface area contributed by atoms with E-state index < -0.39 is 0 Å². The highest BCUT2D eigenvalue weighted by molar-refractivity contribution is 5.90. The van der Waals surface area contributed by atoms with Crippen LogP contribution in [0.1, 0.15) is 18.1 Å². The van der Waals surface area contributed by atoms with E-state index in [1.807, 2.05) is 24.3 Å². The zero-order valence-corrected chi connectivity index (χ0v) is 14.8. The Kier molecular flexibility index (Phi) is 7.24. The lowest BCUT2D eigenvalue weighted by molar-refractivity contribution is -0.137. The van der Waals surface area contributed by atoms with Crippen molar-refractivity contribution in [3.8, 4) is 5.75 Å². The third-order valence-electron chi connectivity index (χ3n) is 3.45. The van der Waals surface area contributed by atoms with Crippen LogP contribution in [-0.2, 0) is 16.1 Å². The number of hydrogen-bond acceptors (Lipinski definition) is 4. The molecule has 2 N–H and O–H groups in total. The zero-order valence-electron chi connectivity index (χ0n) is 14.8. The van der Waals surface area contributed by atoms with Gasteiger partial charge in [0.25, 0.3) is 0 Å². The molecule has 136 valence electrons. The number of methoxy groups -OCH3 is 1. The molecule has 6 nitrogen and oxygen atoms in total. The first-order chi connectivity index (χ1) is 12.6. The first-order valence-corrected chi connectivity index (χ1v) is 8.23. The lowest BCUT2D eigenvalue weighted by Crippen LogP contribution is -2.28. The fourth-order valence-corrected chi connectivity index (χ4v) is 2.17. The van der Waals surface area contributed by atoms with Crippen molar-refractivity contribution < 1.29 is 19.1 Å². The zero-order chi connectivity index (χ0) is 18.8. The molecule has 2 aromatic rings. The summed E-state index contributed by atoms with van der Waals surface area (Å²) in [5, 5.41) is 5.54. The van der Waals surface area contributed by atoms with Gasteiger partial charge in [-0.2, -0.15) is 0 Å². The number of esters is 1. The van der Waals surface area contributed by atoms with Gasteiger partial charge in [0, 0.05) is 18.3 Å². The topological polar surface area (TPSA) is 76.7 Å². The summed E-state index contributed by atoms with van der Waals surface area (Å²) in [7, 11) is 1.60. The molecule has 2 aromatic carbocycles. The SMILES string of the molecule is CCOC(=O)/C=C/c1ccc(NC(=O)NCc2cccc(OC)c2)cc1. The second kappa shape index (κ2) is 9.88. The van der Waals surface area contributed by atoms with Gasteiger partial charge >= 0.3 is 12.0 Å². The summed E-state index contributed by atoms with van der Waals surface area (Å²) in [6, 6.07) is 14.3. The molecule has 0 aliphatic carbocycles. The molecular weight excluding hydrogens is 332 g/mol. The second-order valence-corrected chi connectivity index (χ2v) is 5.37. The van der Waals surface area contributed by atoms with Crippen LogP contribution in [0.4, 0.5) is 10.5 Å². The number of ether oxygens (including phenoxy) is 2. The van der Waals surface area contributed by atoms with Crippen LogP contribution in [0.15, 0.2) is 54.6 Å². The average Bonchev–Trinajstić information content (AvgIpc) is 2.66.